The molecule has 7 unspecified atom stereocenters. The van der Waals surface area contributed by atoms with Crippen molar-refractivity contribution in [1.82, 2.24) is 16.0 Å². The molecule has 12 heteroatoms. The second kappa shape index (κ2) is 14.5. The number of hydrogen-bond acceptors (Lipinski definition) is 9. The maximum atomic E-state index is 13.0. The number of aliphatic hydroxyl groups excluding tert-OH is 4. The highest BCUT2D eigenvalue weighted by Crippen LogP contribution is 2.30. The third-order valence-electron chi connectivity index (χ3n) is 7.55. The summed E-state index contributed by atoms with van der Waals surface area (Å²) in [6.07, 6.45) is -5.71. The summed E-state index contributed by atoms with van der Waals surface area (Å²) in [6, 6.07) is 13.5. The van der Waals surface area contributed by atoms with Crippen LogP contribution in [0.1, 0.15) is 53.0 Å². The smallest absolute Gasteiger partial charge is 0.252 e. The van der Waals surface area contributed by atoms with E-state index in [1.807, 2.05) is 6.07 Å². The van der Waals surface area contributed by atoms with Gasteiger partial charge in [0.15, 0.2) is 12.1 Å². The number of benzene rings is 2. The molecule has 12 nitrogen and oxygen atoms in total. The van der Waals surface area contributed by atoms with Crippen molar-refractivity contribution in [2.75, 3.05) is 13.3 Å². The molecule has 227 valence electrons. The van der Waals surface area contributed by atoms with E-state index in [1.54, 1.807) is 50.2 Å². The molecule has 7 N–H and O–H groups in total. The van der Waals surface area contributed by atoms with Crippen molar-refractivity contribution in [3.63, 3.8) is 0 Å². The molecule has 0 bridgehead atoms. The molecule has 0 aromatic heterocycles. The van der Waals surface area contributed by atoms with Crippen molar-refractivity contribution in [2.24, 2.45) is 11.3 Å². The highest BCUT2D eigenvalue weighted by Gasteiger charge is 2.45. The van der Waals surface area contributed by atoms with E-state index in [-0.39, 0.29) is 18.9 Å². The Labute approximate surface area is 244 Å². The number of carbonyl (C=O) groups excluding carboxylic acids is 4. The largest absolute Gasteiger partial charge is 0.394 e. The summed E-state index contributed by atoms with van der Waals surface area (Å²) < 4.78 is 5.05. The SMILES string of the molecule is [CH2]C(CC(C)(CC)C(=O)NCNC(=O)c1ccc(C(=O)c2ccccc2)cc1)C(=O)NC1C(O)OC(CO)C(O)C1O. The lowest BCUT2D eigenvalue weighted by Gasteiger charge is -2.40. The van der Waals surface area contributed by atoms with E-state index >= 15 is 0 Å². The first kappa shape index (κ1) is 32.8. The summed E-state index contributed by atoms with van der Waals surface area (Å²) in [5.41, 5.74) is 0.206. The van der Waals surface area contributed by atoms with E-state index in [2.05, 4.69) is 22.9 Å². The molecule has 1 saturated heterocycles. The van der Waals surface area contributed by atoms with Gasteiger partial charge in [0, 0.05) is 28.0 Å². The Morgan fingerprint density at radius 1 is 0.929 bits per heavy atom. The number of rotatable bonds is 12. The zero-order valence-corrected chi connectivity index (χ0v) is 23.5. The van der Waals surface area contributed by atoms with Crippen molar-refractivity contribution in [1.29, 1.82) is 0 Å². The Bertz CT molecular complexity index is 1240. The number of amides is 3. The van der Waals surface area contributed by atoms with E-state index in [9.17, 15) is 39.6 Å². The van der Waals surface area contributed by atoms with Gasteiger partial charge in [-0.3, -0.25) is 19.2 Å². The Hall–Kier alpha value is -3.68. The lowest BCUT2D eigenvalue weighted by Crippen LogP contribution is -2.64. The first-order valence-corrected chi connectivity index (χ1v) is 13.6. The molecule has 1 fully saturated rings. The van der Waals surface area contributed by atoms with E-state index in [1.165, 1.54) is 12.1 Å². The van der Waals surface area contributed by atoms with Crippen LogP contribution < -0.4 is 16.0 Å². The lowest BCUT2D eigenvalue weighted by atomic mass is 9.78. The Morgan fingerprint density at radius 3 is 2.12 bits per heavy atom. The summed E-state index contributed by atoms with van der Waals surface area (Å²) >= 11 is 0. The third-order valence-corrected chi connectivity index (χ3v) is 7.55. The topological polar surface area (TPSA) is 195 Å². The molecule has 0 spiro atoms. The van der Waals surface area contributed by atoms with E-state index in [4.69, 9.17) is 4.74 Å². The van der Waals surface area contributed by atoms with Crippen LogP contribution in [0.2, 0.25) is 0 Å². The van der Waals surface area contributed by atoms with E-state index in [0.717, 1.165) is 0 Å². The predicted molar refractivity (Wildman–Crippen MR) is 151 cm³/mol. The van der Waals surface area contributed by atoms with Gasteiger partial charge in [0.2, 0.25) is 11.8 Å². The number of hydrogen-bond donors (Lipinski definition) is 7. The molecule has 1 aliphatic rings. The quantitative estimate of drug-likeness (QED) is 0.132. The van der Waals surface area contributed by atoms with Crippen molar-refractivity contribution >= 4 is 23.5 Å². The predicted octanol–water partition coefficient (Wildman–Crippen LogP) is -0.106. The first-order chi connectivity index (χ1) is 19.9. The highest BCUT2D eigenvalue weighted by atomic mass is 16.6. The van der Waals surface area contributed by atoms with Gasteiger partial charge >= 0.3 is 0 Å². The van der Waals surface area contributed by atoms with E-state index in [0.29, 0.717) is 23.1 Å². The molecule has 3 amide bonds. The number of aliphatic hydroxyl groups is 4. The van der Waals surface area contributed by atoms with Crippen LogP contribution in [0.3, 0.4) is 0 Å². The number of ketones is 1. The fourth-order valence-corrected chi connectivity index (χ4v) is 4.62. The van der Waals surface area contributed by atoms with Gasteiger partial charge < -0.3 is 41.1 Å². The van der Waals surface area contributed by atoms with Crippen LogP contribution >= 0.6 is 0 Å². The van der Waals surface area contributed by atoms with Crippen LogP contribution in [0.4, 0.5) is 0 Å². The molecule has 0 aliphatic carbocycles. The van der Waals surface area contributed by atoms with Gasteiger partial charge in [0.1, 0.15) is 24.4 Å². The van der Waals surface area contributed by atoms with Crippen LogP contribution in [0, 0.1) is 18.3 Å². The molecule has 2 aromatic rings. The summed E-state index contributed by atoms with van der Waals surface area (Å²) in [6.45, 7) is 6.39. The van der Waals surface area contributed by atoms with Crippen molar-refractivity contribution in [2.45, 2.75) is 57.3 Å². The van der Waals surface area contributed by atoms with Gasteiger partial charge in [-0.25, -0.2) is 0 Å². The molecular formula is C30H38N3O9. The molecule has 42 heavy (non-hydrogen) atoms. The fourth-order valence-electron chi connectivity index (χ4n) is 4.62. The third kappa shape index (κ3) is 7.78. The van der Waals surface area contributed by atoms with E-state index < -0.39 is 66.3 Å². The minimum absolute atomic E-state index is 0.00634. The second-order valence-electron chi connectivity index (χ2n) is 10.5. The summed E-state index contributed by atoms with van der Waals surface area (Å²) in [7, 11) is 0. The fraction of sp³-hybridized carbons (Fsp3) is 0.433. The monoisotopic (exact) mass is 584 g/mol. The van der Waals surface area contributed by atoms with Gasteiger partial charge in [-0.1, -0.05) is 56.3 Å². The van der Waals surface area contributed by atoms with Gasteiger partial charge in [-0.05, 0) is 31.9 Å². The minimum Gasteiger partial charge on any atom is -0.394 e. The maximum absolute atomic E-state index is 13.0. The van der Waals surface area contributed by atoms with Crippen LogP contribution in [-0.2, 0) is 14.3 Å². The molecule has 1 radical (unpaired) electrons. The molecule has 1 heterocycles. The highest BCUT2D eigenvalue weighted by molar-refractivity contribution is 6.09. The Kier molecular flexibility index (Phi) is 11.3. The number of nitrogens with one attached hydrogen (secondary N) is 3. The molecule has 3 rings (SSSR count). The van der Waals surface area contributed by atoms with Gasteiger partial charge in [-0.15, -0.1) is 0 Å². The molecule has 0 saturated carbocycles. The summed E-state index contributed by atoms with van der Waals surface area (Å²) in [4.78, 5) is 50.9. The standard InChI is InChI=1S/C30H38N3O9/c1-4-30(3,14-17(2)26(38)33-22-25(37)24(36)21(15-34)42-28(22)40)29(41)32-16-31-27(39)20-12-10-19(11-13-20)23(35)18-8-6-5-7-9-18/h5-13,17,21-22,24-25,28,34,36-37,40H,2,4,14-16H2,1,3H3,(H,31,39)(H,32,41)(H,33,38). The van der Waals surface area contributed by atoms with Gasteiger partial charge in [0.25, 0.3) is 5.91 Å². The summed E-state index contributed by atoms with van der Waals surface area (Å²) in [5, 5.41) is 47.2. The van der Waals surface area contributed by atoms with Gasteiger partial charge in [0.05, 0.1) is 13.3 Å². The van der Waals surface area contributed by atoms with Crippen molar-refractivity contribution in [3.8, 4) is 0 Å². The van der Waals surface area contributed by atoms with Crippen LogP contribution in [0.5, 0.6) is 0 Å². The maximum Gasteiger partial charge on any atom is 0.252 e. The van der Waals surface area contributed by atoms with Crippen LogP contribution in [0.25, 0.3) is 0 Å². The molecular weight excluding hydrogens is 546 g/mol. The molecule has 7 atom stereocenters. The van der Waals surface area contributed by atoms with Crippen molar-refractivity contribution < 1.29 is 44.3 Å². The average molecular weight is 585 g/mol. The number of ether oxygens (including phenoxy) is 1. The zero-order valence-electron chi connectivity index (χ0n) is 23.5. The first-order valence-electron chi connectivity index (χ1n) is 13.6. The molecule has 1 aliphatic heterocycles. The number of carbonyl (C=O) groups is 4. The minimum atomic E-state index is -1.68. The summed E-state index contributed by atoms with van der Waals surface area (Å²) in [5.74, 6) is -2.74. The Morgan fingerprint density at radius 2 is 1.52 bits per heavy atom. The van der Waals surface area contributed by atoms with Crippen molar-refractivity contribution in [3.05, 3.63) is 78.2 Å². The Balaban J connectivity index is 1.51. The normalized spacial score (nSPS) is 24.1. The lowest BCUT2D eigenvalue weighted by molar-refractivity contribution is -0.254. The van der Waals surface area contributed by atoms with Crippen LogP contribution in [0.15, 0.2) is 54.6 Å². The van der Waals surface area contributed by atoms with Crippen LogP contribution in [-0.4, -0.2) is 87.9 Å². The molecule has 2 aromatic carbocycles. The average Bonchev–Trinajstić information content (AvgIpc) is 3.00. The second-order valence-corrected chi connectivity index (χ2v) is 10.5. The van der Waals surface area contributed by atoms with Gasteiger partial charge in [-0.2, -0.15) is 0 Å². The zero-order chi connectivity index (χ0) is 31.0.